The first-order valence-corrected chi connectivity index (χ1v) is 6.36. The molecule has 2 aliphatic rings. The molecule has 0 amide bonds. The Morgan fingerprint density at radius 1 is 0.857 bits per heavy atom. The summed E-state index contributed by atoms with van der Waals surface area (Å²) in [4.78, 5) is 2.72. The van der Waals surface area contributed by atoms with Crippen LogP contribution in [-0.4, -0.2) is 24.0 Å². The zero-order valence-corrected chi connectivity index (χ0v) is 9.25. The van der Waals surface area contributed by atoms with Gasteiger partial charge in [0.2, 0.25) is 0 Å². The SMILES string of the molecule is C1=CCN(C2CCCCCC2)CCC1. The molecule has 1 nitrogen and oxygen atoms in total. The van der Waals surface area contributed by atoms with Crippen molar-refractivity contribution < 1.29 is 0 Å². The molecule has 1 aliphatic carbocycles. The van der Waals surface area contributed by atoms with E-state index < -0.39 is 0 Å². The maximum Gasteiger partial charge on any atom is 0.0166 e. The van der Waals surface area contributed by atoms with E-state index in [9.17, 15) is 0 Å². The molecule has 0 saturated heterocycles. The third-order valence-corrected chi connectivity index (χ3v) is 3.66. The van der Waals surface area contributed by atoms with Gasteiger partial charge in [0.25, 0.3) is 0 Å². The molecule has 0 spiro atoms. The van der Waals surface area contributed by atoms with Crippen molar-refractivity contribution in [2.45, 2.75) is 57.4 Å². The summed E-state index contributed by atoms with van der Waals surface area (Å²) in [5.41, 5.74) is 0. The normalized spacial score (nSPS) is 27.1. The molecular formula is C13H23N. The summed E-state index contributed by atoms with van der Waals surface area (Å²) in [6.07, 6.45) is 16.2. The maximum absolute atomic E-state index is 2.72. The predicted octanol–water partition coefficient (Wildman–Crippen LogP) is 3.36. The monoisotopic (exact) mass is 193 g/mol. The topological polar surface area (TPSA) is 3.24 Å². The molecule has 1 saturated carbocycles. The van der Waals surface area contributed by atoms with Gasteiger partial charge in [-0.2, -0.15) is 0 Å². The van der Waals surface area contributed by atoms with E-state index in [0.717, 1.165) is 6.04 Å². The van der Waals surface area contributed by atoms with Gasteiger partial charge < -0.3 is 0 Å². The lowest BCUT2D eigenvalue weighted by molar-refractivity contribution is 0.199. The molecule has 1 fully saturated rings. The first kappa shape index (κ1) is 10.2. The molecular weight excluding hydrogens is 170 g/mol. The highest BCUT2D eigenvalue weighted by Gasteiger charge is 2.19. The Bertz CT molecular complexity index is 178. The van der Waals surface area contributed by atoms with Crippen molar-refractivity contribution in [3.05, 3.63) is 12.2 Å². The van der Waals surface area contributed by atoms with E-state index in [-0.39, 0.29) is 0 Å². The third-order valence-electron chi connectivity index (χ3n) is 3.66. The van der Waals surface area contributed by atoms with Crippen LogP contribution in [0.3, 0.4) is 0 Å². The smallest absolute Gasteiger partial charge is 0.0166 e. The molecule has 80 valence electrons. The minimum Gasteiger partial charge on any atom is -0.297 e. The summed E-state index contributed by atoms with van der Waals surface area (Å²) in [5, 5.41) is 0. The fourth-order valence-electron chi connectivity index (χ4n) is 2.79. The Hall–Kier alpha value is -0.300. The van der Waals surface area contributed by atoms with Crippen molar-refractivity contribution in [3.8, 4) is 0 Å². The lowest BCUT2D eigenvalue weighted by Gasteiger charge is -2.29. The molecule has 1 aliphatic heterocycles. The molecule has 1 heteroatoms. The highest BCUT2D eigenvalue weighted by atomic mass is 15.1. The van der Waals surface area contributed by atoms with E-state index in [1.807, 2.05) is 0 Å². The molecule has 0 atom stereocenters. The van der Waals surface area contributed by atoms with Crippen LogP contribution < -0.4 is 0 Å². The van der Waals surface area contributed by atoms with Crippen molar-refractivity contribution in [1.29, 1.82) is 0 Å². The zero-order chi connectivity index (χ0) is 9.64. The quantitative estimate of drug-likeness (QED) is 0.456. The van der Waals surface area contributed by atoms with Gasteiger partial charge in [-0.3, -0.25) is 4.90 Å². The number of hydrogen-bond donors (Lipinski definition) is 0. The summed E-state index contributed by atoms with van der Waals surface area (Å²) >= 11 is 0. The van der Waals surface area contributed by atoms with Crippen LogP contribution in [0.2, 0.25) is 0 Å². The number of rotatable bonds is 1. The van der Waals surface area contributed by atoms with Crippen LogP contribution in [0.1, 0.15) is 51.4 Å². The number of hydrogen-bond acceptors (Lipinski definition) is 1. The van der Waals surface area contributed by atoms with Crippen molar-refractivity contribution in [3.63, 3.8) is 0 Å². The largest absolute Gasteiger partial charge is 0.297 e. The van der Waals surface area contributed by atoms with Crippen LogP contribution in [0, 0.1) is 0 Å². The standard InChI is InChI=1S/C13H23N/c1-2-6-10-13(9-5-1)14-11-7-3-4-8-12-14/h3,7,13H,1-2,4-6,8-12H2. The Balaban J connectivity index is 1.87. The summed E-state index contributed by atoms with van der Waals surface area (Å²) in [5.74, 6) is 0. The van der Waals surface area contributed by atoms with Gasteiger partial charge in [0.1, 0.15) is 0 Å². The fourth-order valence-corrected chi connectivity index (χ4v) is 2.79. The Morgan fingerprint density at radius 2 is 1.64 bits per heavy atom. The molecule has 0 aromatic heterocycles. The van der Waals surface area contributed by atoms with E-state index in [4.69, 9.17) is 0 Å². The molecule has 0 unspecified atom stereocenters. The average Bonchev–Trinajstić information content (AvgIpc) is 2.62. The molecule has 0 aromatic rings. The van der Waals surface area contributed by atoms with Crippen molar-refractivity contribution in [2.24, 2.45) is 0 Å². The second-order valence-corrected chi connectivity index (χ2v) is 4.75. The van der Waals surface area contributed by atoms with Gasteiger partial charge in [0.05, 0.1) is 0 Å². The molecule has 1 heterocycles. The van der Waals surface area contributed by atoms with Crippen LogP contribution in [-0.2, 0) is 0 Å². The molecule has 0 aromatic carbocycles. The summed E-state index contributed by atoms with van der Waals surface area (Å²) in [6, 6.07) is 0.903. The van der Waals surface area contributed by atoms with Crippen molar-refractivity contribution >= 4 is 0 Å². The van der Waals surface area contributed by atoms with Crippen LogP contribution in [0.15, 0.2) is 12.2 Å². The van der Waals surface area contributed by atoms with Gasteiger partial charge in [-0.05, 0) is 32.2 Å². The van der Waals surface area contributed by atoms with Gasteiger partial charge in [-0.1, -0.05) is 37.8 Å². The minimum atomic E-state index is 0.903. The van der Waals surface area contributed by atoms with E-state index in [1.54, 1.807) is 0 Å². The summed E-state index contributed by atoms with van der Waals surface area (Å²) in [6.45, 7) is 2.54. The molecule has 0 radical (unpaired) electrons. The molecule has 14 heavy (non-hydrogen) atoms. The van der Waals surface area contributed by atoms with E-state index in [2.05, 4.69) is 17.1 Å². The Morgan fingerprint density at radius 3 is 2.43 bits per heavy atom. The van der Waals surface area contributed by atoms with Crippen LogP contribution in [0.4, 0.5) is 0 Å². The van der Waals surface area contributed by atoms with Gasteiger partial charge in [-0.25, -0.2) is 0 Å². The van der Waals surface area contributed by atoms with Crippen LogP contribution >= 0.6 is 0 Å². The highest BCUT2D eigenvalue weighted by Crippen LogP contribution is 2.22. The molecule has 0 N–H and O–H groups in total. The fraction of sp³-hybridized carbons (Fsp3) is 0.846. The van der Waals surface area contributed by atoms with E-state index in [0.29, 0.717) is 0 Å². The summed E-state index contributed by atoms with van der Waals surface area (Å²) in [7, 11) is 0. The van der Waals surface area contributed by atoms with E-state index in [1.165, 1.54) is 64.5 Å². The second kappa shape index (κ2) is 5.55. The maximum atomic E-state index is 2.72. The lowest BCUT2D eigenvalue weighted by atomic mass is 10.1. The van der Waals surface area contributed by atoms with Gasteiger partial charge in [0, 0.05) is 12.6 Å². The van der Waals surface area contributed by atoms with Gasteiger partial charge in [0.15, 0.2) is 0 Å². The first-order chi connectivity index (χ1) is 6.97. The summed E-state index contributed by atoms with van der Waals surface area (Å²) < 4.78 is 0. The first-order valence-electron chi connectivity index (χ1n) is 6.36. The Kier molecular flexibility index (Phi) is 4.05. The number of allylic oxidation sites excluding steroid dienone is 1. The minimum absolute atomic E-state index is 0.903. The predicted molar refractivity (Wildman–Crippen MR) is 61.4 cm³/mol. The van der Waals surface area contributed by atoms with Gasteiger partial charge in [-0.15, -0.1) is 0 Å². The highest BCUT2D eigenvalue weighted by molar-refractivity contribution is 4.90. The molecule has 0 bridgehead atoms. The van der Waals surface area contributed by atoms with Crippen molar-refractivity contribution in [2.75, 3.05) is 13.1 Å². The van der Waals surface area contributed by atoms with Crippen LogP contribution in [0.25, 0.3) is 0 Å². The Labute approximate surface area is 88.2 Å². The van der Waals surface area contributed by atoms with Crippen molar-refractivity contribution in [1.82, 2.24) is 4.90 Å². The second-order valence-electron chi connectivity index (χ2n) is 4.75. The van der Waals surface area contributed by atoms with E-state index >= 15 is 0 Å². The molecule has 2 rings (SSSR count). The third kappa shape index (κ3) is 2.84. The zero-order valence-electron chi connectivity index (χ0n) is 9.25. The van der Waals surface area contributed by atoms with Gasteiger partial charge >= 0.3 is 0 Å². The number of nitrogens with zero attached hydrogens (tertiary/aromatic N) is 1. The average molecular weight is 193 g/mol. The van der Waals surface area contributed by atoms with Crippen LogP contribution in [0.5, 0.6) is 0 Å². The lowest BCUT2D eigenvalue weighted by Crippen LogP contribution is -2.35.